The predicted molar refractivity (Wildman–Crippen MR) is 71.2 cm³/mol. The summed E-state index contributed by atoms with van der Waals surface area (Å²) < 4.78 is 0.883. The van der Waals surface area contributed by atoms with Gasteiger partial charge in [0.15, 0.2) is 0 Å². The zero-order valence-electron chi connectivity index (χ0n) is 9.87. The van der Waals surface area contributed by atoms with E-state index in [4.69, 9.17) is 11.6 Å². The van der Waals surface area contributed by atoms with Crippen LogP contribution in [0.15, 0.2) is 12.1 Å². The summed E-state index contributed by atoms with van der Waals surface area (Å²) in [6.07, 6.45) is 1.25. The highest BCUT2D eigenvalue weighted by Crippen LogP contribution is 2.22. The Morgan fingerprint density at radius 3 is 3.00 bits per heavy atom. The standard InChI is InChI=1S/C12H19ClN2S/c1-9-8-15(2)6-5-11(9)14-7-10-3-4-12(13)16-10/h3-4,9,11,14H,5-8H2,1-2H3. The van der Waals surface area contributed by atoms with Gasteiger partial charge in [-0.15, -0.1) is 11.3 Å². The minimum absolute atomic E-state index is 0.650. The summed E-state index contributed by atoms with van der Waals surface area (Å²) in [5.41, 5.74) is 0. The van der Waals surface area contributed by atoms with Crippen LogP contribution in [0.5, 0.6) is 0 Å². The van der Waals surface area contributed by atoms with E-state index in [0.717, 1.165) is 16.8 Å². The van der Waals surface area contributed by atoms with Crippen LogP contribution < -0.4 is 5.32 Å². The molecule has 4 heteroatoms. The van der Waals surface area contributed by atoms with Crippen LogP contribution in [0.3, 0.4) is 0 Å². The van der Waals surface area contributed by atoms with Crippen LogP contribution >= 0.6 is 22.9 Å². The maximum atomic E-state index is 5.91. The first-order chi connectivity index (χ1) is 7.65. The van der Waals surface area contributed by atoms with Gasteiger partial charge in [0.2, 0.25) is 0 Å². The van der Waals surface area contributed by atoms with E-state index in [2.05, 4.69) is 30.3 Å². The molecule has 1 aromatic heterocycles. The molecule has 90 valence electrons. The Bertz CT molecular complexity index is 340. The van der Waals surface area contributed by atoms with E-state index in [1.165, 1.54) is 24.4 Å². The van der Waals surface area contributed by atoms with Crippen molar-refractivity contribution in [3.63, 3.8) is 0 Å². The van der Waals surface area contributed by atoms with E-state index >= 15 is 0 Å². The van der Waals surface area contributed by atoms with Crippen molar-refractivity contribution < 1.29 is 0 Å². The van der Waals surface area contributed by atoms with Crippen molar-refractivity contribution in [2.75, 3.05) is 20.1 Å². The van der Waals surface area contributed by atoms with E-state index in [0.29, 0.717) is 6.04 Å². The Kier molecular flexibility index (Phi) is 4.25. The number of hydrogen-bond acceptors (Lipinski definition) is 3. The van der Waals surface area contributed by atoms with Gasteiger partial charge in [-0.25, -0.2) is 0 Å². The summed E-state index contributed by atoms with van der Waals surface area (Å²) in [6.45, 7) is 5.68. The van der Waals surface area contributed by atoms with Crippen LogP contribution in [0.4, 0.5) is 0 Å². The molecule has 0 saturated carbocycles. The van der Waals surface area contributed by atoms with Gasteiger partial charge in [-0.3, -0.25) is 0 Å². The van der Waals surface area contributed by atoms with E-state index in [-0.39, 0.29) is 0 Å². The monoisotopic (exact) mass is 258 g/mol. The van der Waals surface area contributed by atoms with E-state index < -0.39 is 0 Å². The van der Waals surface area contributed by atoms with Crippen LogP contribution in [0, 0.1) is 5.92 Å². The number of rotatable bonds is 3. The highest BCUT2D eigenvalue weighted by molar-refractivity contribution is 7.16. The van der Waals surface area contributed by atoms with Gasteiger partial charge in [-0.05, 0) is 38.1 Å². The quantitative estimate of drug-likeness (QED) is 0.897. The van der Waals surface area contributed by atoms with Gasteiger partial charge in [-0.2, -0.15) is 0 Å². The first-order valence-electron chi connectivity index (χ1n) is 5.81. The second-order valence-electron chi connectivity index (χ2n) is 4.72. The van der Waals surface area contributed by atoms with Gasteiger partial charge in [0.05, 0.1) is 4.34 Å². The number of piperidine rings is 1. The van der Waals surface area contributed by atoms with Crippen molar-refractivity contribution in [3.05, 3.63) is 21.3 Å². The first-order valence-corrected chi connectivity index (χ1v) is 7.01. The Hall–Kier alpha value is -0.0900. The molecular formula is C12H19ClN2S. The second kappa shape index (κ2) is 5.50. The maximum Gasteiger partial charge on any atom is 0.0931 e. The average molecular weight is 259 g/mol. The number of nitrogens with one attached hydrogen (secondary N) is 1. The zero-order chi connectivity index (χ0) is 11.5. The fourth-order valence-electron chi connectivity index (χ4n) is 2.34. The van der Waals surface area contributed by atoms with Gasteiger partial charge in [-0.1, -0.05) is 18.5 Å². The normalized spacial score (nSPS) is 27.2. The highest BCUT2D eigenvalue weighted by Gasteiger charge is 2.23. The van der Waals surface area contributed by atoms with Crippen LogP contribution in [0.25, 0.3) is 0 Å². The van der Waals surface area contributed by atoms with E-state index in [1.807, 2.05) is 6.07 Å². The molecule has 1 saturated heterocycles. The summed E-state index contributed by atoms with van der Waals surface area (Å²) in [5.74, 6) is 0.731. The molecule has 0 radical (unpaired) electrons. The average Bonchev–Trinajstić information content (AvgIpc) is 2.63. The summed E-state index contributed by atoms with van der Waals surface area (Å²) in [5, 5.41) is 3.65. The molecule has 2 unspecified atom stereocenters. The van der Waals surface area contributed by atoms with Crippen LogP contribution in [-0.2, 0) is 6.54 Å². The number of likely N-dealkylation sites (tertiary alicyclic amines) is 1. The molecule has 0 bridgehead atoms. The minimum atomic E-state index is 0.650. The third kappa shape index (κ3) is 3.20. The van der Waals surface area contributed by atoms with Gasteiger partial charge >= 0.3 is 0 Å². The largest absolute Gasteiger partial charge is 0.309 e. The lowest BCUT2D eigenvalue weighted by molar-refractivity contribution is 0.174. The molecular weight excluding hydrogens is 240 g/mol. The molecule has 0 spiro atoms. The molecule has 1 aliphatic heterocycles. The molecule has 2 rings (SSSR count). The molecule has 0 amide bonds. The third-order valence-corrected chi connectivity index (χ3v) is 4.51. The number of hydrogen-bond donors (Lipinski definition) is 1. The molecule has 2 heterocycles. The summed E-state index contributed by atoms with van der Waals surface area (Å²) in [7, 11) is 2.20. The molecule has 1 N–H and O–H groups in total. The Morgan fingerprint density at radius 2 is 2.38 bits per heavy atom. The van der Waals surface area contributed by atoms with Crippen molar-refractivity contribution in [2.24, 2.45) is 5.92 Å². The smallest absolute Gasteiger partial charge is 0.0931 e. The van der Waals surface area contributed by atoms with Crippen LogP contribution in [-0.4, -0.2) is 31.1 Å². The molecule has 1 aliphatic rings. The molecule has 0 aromatic carbocycles. The molecule has 1 fully saturated rings. The van der Waals surface area contributed by atoms with Gasteiger partial charge in [0.1, 0.15) is 0 Å². The van der Waals surface area contributed by atoms with Gasteiger partial charge in [0.25, 0.3) is 0 Å². The lowest BCUT2D eigenvalue weighted by Gasteiger charge is -2.35. The first kappa shape index (κ1) is 12.4. The number of nitrogens with zero attached hydrogens (tertiary/aromatic N) is 1. The lowest BCUT2D eigenvalue weighted by atomic mass is 9.94. The van der Waals surface area contributed by atoms with Crippen LogP contribution in [0.2, 0.25) is 4.34 Å². The fraction of sp³-hybridized carbons (Fsp3) is 0.667. The van der Waals surface area contributed by atoms with Crippen molar-refractivity contribution in [1.82, 2.24) is 10.2 Å². The lowest BCUT2D eigenvalue weighted by Crippen LogP contribution is -2.46. The minimum Gasteiger partial charge on any atom is -0.309 e. The zero-order valence-corrected chi connectivity index (χ0v) is 11.4. The SMILES string of the molecule is CC1CN(C)CCC1NCc1ccc(Cl)s1. The van der Waals surface area contributed by atoms with Gasteiger partial charge < -0.3 is 10.2 Å². The van der Waals surface area contributed by atoms with E-state index in [9.17, 15) is 0 Å². The molecule has 1 aromatic rings. The topological polar surface area (TPSA) is 15.3 Å². The molecule has 16 heavy (non-hydrogen) atoms. The van der Waals surface area contributed by atoms with Crippen LogP contribution in [0.1, 0.15) is 18.2 Å². The second-order valence-corrected chi connectivity index (χ2v) is 6.52. The molecule has 2 nitrogen and oxygen atoms in total. The van der Waals surface area contributed by atoms with Gasteiger partial charge in [0, 0.05) is 24.0 Å². The summed E-state index contributed by atoms with van der Waals surface area (Å²) >= 11 is 7.58. The number of halogens is 1. The summed E-state index contributed by atoms with van der Waals surface area (Å²) in [4.78, 5) is 3.74. The fourth-order valence-corrected chi connectivity index (χ4v) is 3.37. The maximum absolute atomic E-state index is 5.91. The van der Waals surface area contributed by atoms with Crippen molar-refractivity contribution in [3.8, 4) is 0 Å². The highest BCUT2D eigenvalue weighted by atomic mass is 35.5. The predicted octanol–water partition coefficient (Wildman–Crippen LogP) is 2.83. The Morgan fingerprint density at radius 1 is 1.56 bits per heavy atom. The number of thiophene rings is 1. The molecule has 2 atom stereocenters. The summed E-state index contributed by atoms with van der Waals surface area (Å²) in [6, 6.07) is 4.73. The molecule has 0 aliphatic carbocycles. The Balaban J connectivity index is 1.81. The van der Waals surface area contributed by atoms with Crippen molar-refractivity contribution in [1.29, 1.82) is 0 Å². The van der Waals surface area contributed by atoms with Crippen molar-refractivity contribution >= 4 is 22.9 Å². The van der Waals surface area contributed by atoms with E-state index in [1.54, 1.807) is 11.3 Å². The third-order valence-electron chi connectivity index (χ3n) is 3.28. The Labute approximate surface area is 107 Å². The van der Waals surface area contributed by atoms with Crippen molar-refractivity contribution in [2.45, 2.75) is 25.9 Å².